The highest BCUT2D eigenvalue weighted by Gasteiger charge is 2.40. The maximum atomic E-state index is 13.4. The van der Waals surface area contributed by atoms with Crippen molar-refractivity contribution in [3.05, 3.63) is 34.9 Å². The van der Waals surface area contributed by atoms with Crippen LogP contribution in [0.25, 0.3) is 0 Å². The van der Waals surface area contributed by atoms with Gasteiger partial charge in [-0.1, -0.05) is 37.6 Å². The van der Waals surface area contributed by atoms with Gasteiger partial charge >= 0.3 is 0 Å². The third-order valence-corrected chi connectivity index (χ3v) is 5.70. The summed E-state index contributed by atoms with van der Waals surface area (Å²) in [6.45, 7) is 7.10. The third-order valence-electron chi connectivity index (χ3n) is 5.44. The molecule has 1 saturated heterocycles. The zero-order valence-electron chi connectivity index (χ0n) is 15.5. The first-order valence-electron chi connectivity index (χ1n) is 9.44. The molecule has 1 aliphatic rings. The van der Waals surface area contributed by atoms with Crippen LogP contribution in [0.3, 0.4) is 0 Å². The predicted octanol–water partition coefficient (Wildman–Crippen LogP) is 3.75. The molecular formula is C20H31ClN2O2. The number of benzene rings is 1. The van der Waals surface area contributed by atoms with Crippen LogP contribution in [0.2, 0.25) is 5.02 Å². The maximum absolute atomic E-state index is 13.4. The molecule has 5 heteroatoms. The SMILES string of the molecule is CCC(CC)(C(=O)N1CCC(OCCCN)CC1)c1ccc(Cl)cc1. The van der Waals surface area contributed by atoms with Crippen molar-refractivity contribution in [2.75, 3.05) is 26.2 Å². The maximum Gasteiger partial charge on any atom is 0.233 e. The van der Waals surface area contributed by atoms with Gasteiger partial charge in [-0.15, -0.1) is 0 Å². The fraction of sp³-hybridized carbons (Fsp3) is 0.650. The minimum absolute atomic E-state index is 0.236. The normalized spacial score (nSPS) is 16.2. The molecule has 0 saturated carbocycles. The van der Waals surface area contributed by atoms with E-state index in [2.05, 4.69) is 13.8 Å². The second-order valence-electron chi connectivity index (χ2n) is 6.80. The molecule has 0 bridgehead atoms. The molecule has 1 fully saturated rings. The topological polar surface area (TPSA) is 55.6 Å². The number of hydrogen-bond acceptors (Lipinski definition) is 3. The molecule has 0 aliphatic carbocycles. The summed E-state index contributed by atoms with van der Waals surface area (Å²) in [5.41, 5.74) is 6.11. The van der Waals surface area contributed by atoms with Gasteiger partial charge in [-0.3, -0.25) is 4.79 Å². The summed E-state index contributed by atoms with van der Waals surface area (Å²) in [7, 11) is 0. The number of ether oxygens (including phenoxy) is 1. The average molecular weight is 367 g/mol. The standard InChI is InChI=1S/C20H31ClN2O2/c1-3-20(4-2,16-6-8-17(21)9-7-16)19(24)23-13-10-18(11-14-23)25-15-5-12-22/h6-9,18H,3-5,10-15,22H2,1-2H3. The quantitative estimate of drug-likeness (QED) is 0.713. The summed E-state index contributed by atoms with van der Waals surface area (Å²) in [6, 6.07) is 7.75. The van der Waals surface area contributed by atoms with E-state index in [1.807, 2.05) is 29.2 Å². The van der Waals surface area contributed by atoms with Crippen LogP contribution in [0.5, 0.6) is 0 Å². The molecule has 1 aromatic rings. The summed E-state index contributed by atoms with van der Waals surface area (Å²) in [4.78, 5) is 15.4. The molecule has 0 unspecified atom stereocenters. The van der Waals surface area contributed by atoms with Crippen molar-refractivity contribution in [3.63, 3.8) is 0 Å². The molecule has 0 spiro atoms. The van der Waals surface area contributed by atoms with E-state index in [0.717, 1.165) is 50.8 Å². The zero-order chi connectivity index (χ0) is 18.3. The van der Waals surface area contributed by atoms with E-state index in [-0.39, 0.29) is 12.0 Å². The molecule has 2 rings (SSSR count). The van der Waals surface area contributed by atoms with Crippen LogP contribution >= 0.6 is 11.6 Å². The predicted molar refractivity (Wildman–Crippen MR) is 103 cm³/mol. The van der Waals surface area contributed by atoms with Gasteiger partial charge < -0.3 is 15.4 Å². The number of piperidine rings is 1. The Morgan fingerprint density at radius 2 is 1.84 bits per heavy atom. The monoisotopic (exact) mass is 366 g/mol. The van der Waals surface area contributed by atoms with E-state index in [1.165, 1.54) is 0 Å². The van der Waals surface area contributed by atoms with Gasteiger partial charge in [0.25, 0.3) is 0 Å². The van der Waals surface area contributed by atoms with Crippen LogP contribution in [0.1, 0.15) is 51.5 Å². The average Bonchev–Trinajstić information content (AvgIpc) is 2.65. The molecule has 0 aromatic heterocycles. The number of carbonyl (C=O) groups is 1. The molecular weight excluding hydrogens is 336 g/mol. The number of halogens is 1. The lowest BCUT2D eigenvalue weighted by Gasteiger charge is -2.40. The van der Waals surface area contributed by atoms with Crippen LogP contribution in [0, 0.1) is 0 Å². The summed E-state index contributed by atoms with van der Waals surface area (Å²) in [5, 5.41) is 0.702. The van der Waals surface area contributed by atoms with Gasteiger partial charge in [0.05, 0.1) is 11.5 Å². The molecule has 0 atom stereocenters. The Hall–Kier alpha value is -1.10. The van der Waals surface area contributed by atoms with Gasteiger partial charge in [-0.2, -0.15) is 0 Å². The van der Waals surface area contributed by atoms with Crippen LogP contribution < -0.4 is 5.73 Å². The summed E-state index contributed by atoms with van der Waals surface area (Å²) < 4.78 is 5.85. The molecule has 1 heterocycles. The molecule has 1 aliphatic heterocycles. The molecule has 0 radical (unpaired) electrons. The van der Waals surface area contributed by atoms with Crippen LogP contribution in [0.4, 0.5) is 0 Å². The van der Waals surface area contributed by atoms with Crippen molar-refractivity contribution in [2.24, 2.45) is 5.73 Å². The minimum Gasteiger partial charge on any atom is -0.378 e. The van der Waals surface area contributed by atoms with Crippen molar-refractivity contribution in [3.8, 4) is 0 Å². The number of rotatable bonds is 8. The largest absolute Gasteiger partial charge is 0.378 e. The van der Waals surface area contributed by atoms with E-state index in [1.54, 1.807) is 0 Å². The molecule has 1 aromatic carbocycles. The van der Waals surface area contributed by atoms with Gasteiger partial charge in [-0.05, 0) is 56.3 Å². The molecule has 4 nitrogen and oxygen atoms in total. The fourth-order valence-corrected chi connectivity index (χ4v) is 3.84. The van der Waals surface area contributed by atoms with Crippen molar-refractivity contribution >= 4 is 17.5 Å². The van der Waals surface area contributed by atoms with Gasteiger partial charge in [0.15, 0.2) is 0 Å². The third kappa shape index (κ3) is 4.75. The number of carbonyl (C=O) groups excluding carboxylic acids is 1. The van der Waals surface area contributed by atoms with Gasteiger partial charge in [0.1, 0.15) is 0 Å². The Balaban J connectivity index is 2.05. The first-order valence-corrected chi connectivity index (χ1v) is 9.82. The van der Waals surface area contributed by atoms with Crippen molar-refractivity contribution in [2.45, 2.75) is 57.5 Å². The first-order chi connectivity index (χ1) is 12.1. The summed E-state index contributed by atoms with van der Waals surface area (Å²) >= 11 is 6.03. The number of amides is 1. The van der Waals surface area contributed by atoms with E-state index in [0.29, 0.717) is 18.2 Å². The van der Waals surface area contributed by atoms with Crippen molar-refractivity contribution in [1.82, 2.24) is 4.90 Å². The minimum atomic E-state index is -0.460. The van der Waals surface area contributed by atoms with E-state index < -0.39 is 5.41 Å². The first kappa shape index (κ1) is 20.2. The van der Waals surface area contributed by atoms with Gasteiger partial charge in [-0.25, -0.2) is 0 Å². The highest BCUT2D eigenvalue weighted by molar-refractivity contribution is 6.30. The summed E-state index contributed by atoms with van der Waals surface area (Å²) in [5.74, 6) is 0.236. The van der Waals surface area contributed by atoms with Gasteiger partial charge in [0, 0.05) is 24.7 Å². The highest BCUT2D eigenvalue weighted by atomic mass is 35.5. The molecule has 2 N–H and O–H groups in total. The summed E-state index contributed by atoms with van der Waals surface area (Å²) in [6.07, 6.45) is 4.53. The lowest BCUT2D eigenvalue weighted by Crippen LogP contribution is -2.50. The van der Waals surface area contributed by atoms with E-state index >= 15 is 0 Å². The number of likely N-dealkylation sites (tertiary alicyclic amines) is 1. The molecule has 140 valence electrons. The second kappa shape index (κ2) is 9.56. The zero-order valence-corrected chi connectivity index (χ0v) is 16.2. The van der Waals surface area contributed by atoms with Crippen molar-refractivity contribution in [1.29, 1.82) is 0 Å². The molecule has 1 amide bonds. The molecule has 25 heavy (non-hydrogen) atoms. The number of hydrogen-bond donors (Lipinski definition) is 1. The van der Waals surface area contributed by atoms with Gasteiger partial charge in [0.2, 0.25) is 5.91 Å². The van der Waals surface area contributed by atoms with Crippen LogP contribution in [0.15, 0.2) is 24.3 Å². The Morgan fingerprint density at radius 1 is 1.24 bits per heavy atom. The Labute approximate surface area is 156 Å². The Morgan fingerprint density at radius 3 is 2.36 bits per heavy atom. The second-order valence-corrected chi connectivity index (χ2v) is 7.24. The highest BCUT2D eigenvalue weighted by Crippen LogP contribution is 2.35. The Bertz CT molecular complexity index is 535. The fourth-order valence-electron chi connectivity index (χ4n) is 3.71. The van der Waals surface area contributed by atoms with Crippen LogP contribution in [-0.4, -0.2) is 43.2 Å². The number of nitrogens with two attached hydrogens (primary N) is 1. The van der Waals surface area contributed by atoms with E-state index in [9.17, 15) is 4.79 Å². The van der Waals surface area contributed by atoms with E-state index in [4.69, 9.17) is 22.1 Å². The number of nitrogens with zero attached hydrogens (tertiary/aromatic N) is 1. The Kier molecular flexibility index (Phi) is 7.73. The van der Waals surface area contributed by atoms with Crippen LogP contribution in [-0.2, 0) is 14.9 Å². The lowest BCUT2D eigenvalue weighted by atomic mass is 9.74. The smallest absolute Gasteiger partial charge is 0.233 e. The lowest BCUT2D eigenvalue weighted by molar-refractivity contribution is -0.140. The van der Waals surface area contributed by atoms with Crippen molar-refractivity contribution < 1.29 is 9.53 Å².